The predicted octanol–water partition coefficient (Wildman–Crippen LogP) is 0.363. The minimum atomic E-state index is -1.50. The van der Waals surface area contributed by atoms with Gasteiger partial charge in [-0.05, 0) is 12.1 Å². The summed E-state index contributed by atoms with van der Waals surface area (Å²) in [6, 6.07) is 5.32. The molecule has 0 unspecified atom stereocenters. The van der Waals surface area contributed by atoms with Crippen molar-refractivity contribution in [1.82, 2.24) is 9.55 Å². The summed E-state index contributed by atoms with van der Waals surface area (Å²) in [4.78, 5) is 35.3. The van der Waals surface area contributed by atoms with Gasteiger partial charge in [0.1, 0.15) is 11.4 Å². The van der Waals surface area contributed by atoms with Gasteiger partial charge in [-0.15, -0.1) is 0 Å². The Hall–Kier alpha value is -2.70. The number of H-pyrrole nitrogens is 1. The summed E-state index contributed by atoms with van der Waals surface area (Å²) in [5.41, 5.74) is -2.71. The van der Waals surface area contributed by atoms with Crippen LogP contribution in [0.2, 0.25) is 0 Å². The first-order chi connectivity index (χ1) is 8.50. The van der Waals surface area contributed by atoms with E-state index in [-0.39, 0.29) is 5.69 Å². The van der Waals surface area contributed by atoms with Crippen molar-refractivity contribution < 1.29 is 14.3 Å². The molecule has 6 nitrogen and oxygen atoms in total. The zero-order valence-corrected chi connectivity index (χ0v) is 8.88. The monoisotopic (exact) mass is 250 g/mol. The number of carboxylic acids is 1. The van der Waals surface area contributed by atoms with Crippen LogP contribution in [-0.2, 0) is 0 Å². The second-order valence-electron chi connectivity index (χ2n) is 3.43. The molecule has 0 saturated heterocycles. The lowest BCUT2D eigenvalue weighted by Crippen LogP contribution is -2.32. The van der Waals surface area contributed by atoms with E-state index in [0.717, 1.165) is 16.8 Å². The summed E-state index contributed by atoms with van der Waals surface area (Å²) in [7, 11) is 0. The smallest absolute Gasteiger partial charge is 0.342 e. The Labute approximate surface area is 98.9 Å². The van der Waals surface area contributed by atoms with Gasteiger partial charge in [0.05, 0.1) is 5.69 Å². The first-order valence-corrected chi connectivity index (χ1v) is 4.85. The van der Waals surface area contributed by atoms with E-state index in [2.05, 4.69) is 0 Å². The second-order valence-corrected chi connectivity index (χ2v) is 3.43. The summed E-state index contributed by atoms with van der Waals surface area (Å²) in [5, 5.41) is 8.77. The van der Waals surface area contributed by atoms with Gasteiger partial charge in [-0.3, -0.25) is 14.3 Å². The minimum Gasteiger partial charge on any atom is -0.477 e. The van der Waals surface area contributed by atoms with E-state index in [1.54, 1.807) is 0 Å². The quantitative estimate of drug-likeness (QED) is 0.805. The van der Waals surface area contributed by atoms with Crippen molar-refractivity contribution in [3.63, 3.8) is 0 Å². The minimum absolute atomic E-state index is 0.138. The highest BCUT2D eigenvalue weighted by Crippen LogP contribution is 2.09. The standard InChI is InChI=1S/C11H7FN2O4/c12-7-3-1-2-4-8(7)14-5-6(10(16)17)9(15)13-11(14)18/h1-5H,(H,16,17)(H,13,15,18). The number of hydrogen-bond acceptors (Lipinski definition) is 3. The highest BCUT2D eigenvalue weighted by Gasteiger charge is 2.13. The van der Waals surface area contributed by atoms with Crippen LogP contribution in [0.1, 0.15) is 10.4 Å². The maximum atomic E-state index is 13.5. The fraction of sp³-hybridized carbons (Fsp3) is 0. The van der Waals surface area contributed by atoms with Crippen molar-refractivity contribution >= 4 is 5.97 Å². The van der Waals surface area contributed by atoms with E-state index in [9.17, 15) is 18.8 Å². The van der Waals surface area contributed by atoms with E-state index in [0.29, 0.717) is 0 Å². The molecular weight excluding hydrogens is 243 g/mol. The number of halogens is 1. The van der Waals surface area contributed by atoms with Crippen molar-refractivity contribution in [2.45, 2.75) is 0 Å². The third-order valence-electron chi connectivity index (χ3n) is 2.28. The van der Waals surface area contributed by atoms with Crippen LogP contribution < -0.4 is 11.2 Å². The van der Waals surface area contributed by atoms with E-state index >= 15 is 0 Å². The molecule has 1 aromatic heterocycles. The second kappa shape index (κ2) is 4.28. The molecule has 0 aliphatic heterocycles. The highest BCUT2D eigenvalue weighted by atomic mass is 19.1. The molecule has 92 valence electrons. The topological polar surface area (TPSA) is 92.2 Å². The van der Waals surface area contributed by atoms with Gasteiger partial charge < -0.3 is 5.11 Å². The van der Waals surface area contributed by atoms with Crippen molar-refractivity contribution in [2.75, 3.05) is 0 Å². The molecule has 0 amide bonds. The lowest BCUT2D eigenvalue weighted by Gasteiger charge is -2.06. The van der Waals surface area contributed by atoms with Gasteiger partial charge in [-0.2, -0.15) is 0 Å². The van der Waals surface area contributed by atoms with E-state index < -0.39 is 28.6 Å². The van der Waals surface area contributed by atoms with Gasteiger partial charge in [-0.25, -0.2) is 14.0 Å². The molecule has 0 saturated carbocycles. The molecule has 1 aromatic carbocycles. The zero-order valence-electron chi connectivity index (χ0n) is 8.88. The SMILES string of the molecule is O=C(O)c1cn(-c2ccccc2F)c(=O)[nH]c1=O. The Morgan fingerprint density at radius 1 is 1.28 bits per heavy atom. The lowest BCUT2D eigenvalue weighted by molar-refractivity contribution is 0.0694. The van der Waals surface area contributed by atoms with Crippen LogP contribution in [0.15, 0.2) is 40.1 Å². The van der Waals surface area contributed by atoms with Gasteiger partial charge >= 0.3 is 11.7 Å². The average molecular weight is 250 g/mol. The molecule has 2 rings (SSSR count). The van der Waals surface area contributed by atoms with Gasteiger partial charge in [0, 0.05) is 6.20 Å². The number of aromatic nitrogens is 2. The molecule has 2 aromatic rings. The Kier molecular flexibility index (Phi) is 2.80. The first kappa shape index (κ1) is 11.8. The number of benzene rings is 1. The first-order valence-electron chi connectivity index (χ1n) is 4.85. The Balaban J connectivity index is 2.77. The number of nitrogens with one attached hydrogen (secondary N) is 1. The van der Waals surface area contributed by atoms with Crippen molar-refractivity contribution in [2.24, 2.45) is 0 Å². The van der Waals surface area contributed by atoms with Gasteiger partial charge in [-0.1, -0.05) is 12.1 Å². The normalized spacial score (nSPS) is 10.3. The number of aromatic carboxylic acids is 1. The summed E-state index contributed by atoms with van der Waals surface area (Å²) in [5.74, 6) is -2.20. The summed E-state index contributed by atoms with van der Waals surface area (Å²) in [6.45, 7) is 0. The van der Waals surface area contributed by atoms with Crippen LogP contribution in [0, 0.1) is 5.82 Å². The fourth-order valence-corrected chi connectivity index (χ4v) is 1.45. The number of carboxylic acid groups (broad SMARTS) is 1. The molecule has 0 aliphatic rings. The molecule has 0 fully saturated rings. The number of hydrogen-bond donors (Lipinski definition) is 2. The van der Waals surface area contributed by atoms with Crippen LogP contribution in [0.5, 0.6) is 0 Å². The third kappa shape index (κ3) is 1.93. The zero-order chi connectivity index (χ0) is 13.3. The van der Waals surface area contributed by atoms with Crippen molar-refractivity contribution in [3.05, 3.63) is 62.7 Å². The number of nitrogens with zero attached hydrogens (tertiary/aromatic N) is 1. The molecule has 0 radical (unpaired) electrons. The van der Waals surface area contributed by atoms with Crippen LogP contribution in [0.3, 0.4) is 0 Å². The summed E-state index contributed by atoms with van der Waals surface area (Å²) >= 11 is 0. The Bertz CT molecular complexity index is 732. The Morgan fingerprint density at radius 2 is 1.94 bits per heavy atom. The van der Waals surface area contributed by atoms with Crippen LogP contribution >= 0.6 is 0 Å². The largest absolute Gasteiger partial charge is 0.477 e. The molecular formula is C11H7FN2O4. The summed E-state index contributed by atoms with van der Waals surface area (Å²) in [6.07, 6.45) is 0.794. The predicted molar refractivity (Wildman–Crippen MR) is 59.6 cm³/mol. The number of aromatic amines is 1. The van der Waals surface area contributed by atoms with Gasteiger partial charge in [0.25, 0.3) is 5.56 Å². The van der Waals surface area contributed by atoms with Crippen LogP contribution in [0.25, 0.3) is 5.69 Å². The van der Waals surface area contributed by atoms with Crippen LogP contribution in [0.4, 0.5) is 4.39 Å². The third-order valence-corrected chi connectivity index (χ3v) is 2.28. The molecule has 2 N–H and O–H groups in total. The van der Waals surface area contributed by atoms with Crippen LogP contribution in [-0.4, -0.2) is 20.6 Å². The molecule has 0 atom stereocenters. The fourth-order valence-electron chi connectivity index (χ4n) is 1.45. The highest BCUT2D eigenvalue weighted by molar-refractivity contribution is 5.86. The molecule has 0 bridgehead atoms. The molecule has 7 heteroatoms. The average Bonchev–Trinajstić information content (AvgIpc) is 2.30. The van der Waals surface area contributed by atoms with E-state index in [4.69, 9.17) is 5.11 Å². The molecule has 18 heavy (non-hydrogen) atoms. The number of carbonyl (C=O) groups is 1. The maximum absolute atomic E-state index is 13.5. The van der Waals surface area contributed by atoms with E-state index in [1.807, 2.05) is 4.98 Å². The lowest BCUT2D eigenvalue weighted by atomic mass is 10.3. The maximum Gasteiger partial charge on any atom is 0.342 e. The van der Waals surface area contributed by atoms with Crippen molar-refractivity contribution in [3.8, 4) is 5.69 Å². The van der Waals surface area contributed by atoms with Gasteiger partial charge in [0.2, 0.25) is 0 Å². The summed E-state index contributed by atoms with van der Waals surface area (Å²) < 4.78 is 14.2. The van der Waals surface area contributed by atoms with E-state index in [1.165, 1.54) is 18.2 Å². The van der Waals surface area contributed by atoms with Gasteiger partial charge in [0.15, 0.2) is 0 Å². The molecule has 0 spiro atoms. The number of para-hydroxylation sites is 1. The number of rotatable bonds is 2. The molecule has 0 aliphatic carbocycles. The van der Waals surface area contributed by atoms with Crippen molar-refractivity contribution in [1.29, 1.82) is 0 Å². The molecule has 1 heterocycles. The Morgan fingerprint density at radius 3 is 2.56 bits per heavy atom.